The number of nitrogens with zero attached hydrogens (tertiary/aromatic N) is 6. The molecule has 4 amide bonds. The van der Waals surface area contributed by atoms with E-state index in [-0.39, 0.29) is 48.5 Å². The number of rotatable bonds is 12. The fraction of sp³-hybridized carbons (Fsp3) is 0.463. The number of piperidine rings is 3. The maximum atomic E-state index is 13.8. The summed E-state index contributed by atoms with van der Waals surface area (Å²) in [6, 6.07) is 14.9. The van der Waals surface area contributed by atoms with E-state index < -0.39 is 40.4 Å². The van der Waals surface area contributed by atoms with Crippen molar-refractivity contribution in [2.75, 3.05) is 53.2 Å². The Kier molecular flexibility index (Phi) is 11.8. The van der Waals surface area contributed by atoms with Gasteiger partial charge in [-0.25, -0.2) is 4.98 Å². The first-order valence-electron chi connectivity index (χ1n) is 19.6. The Morgan fingerprint density at radius 3 is 2.44 bits per heavy atom. The largest absolute Gasteiger partial charge is 0.492 e. The number of amides is 4. The van der Waals surface area contributed by atoms with Crippen molar-refractivity contribution in [2.24, 2.45) is 0 Å². The molecule has 3 aromatic rings. The summed E-state index contributed by atoms with van der Waals surface area (Å²) in [5.74, 6) is -0.552. The highest BCUT2D eigenvalue weighted by Gasteiger charge is 2.52. The van der Waals surface area contributed by atoms with Crippen LogP contribution in [0.2, 0.25) is 0 Å². The maximum Gasteiger partial charge on any atom is 0.419 e. The van der Waals surface area contributed by atoms with Crippen LogP contribution in [0, 0.1) is 11.3 Å². The van der Waals surface area contributed by atoms with E-state index in [0.717, 1.165) is 48.7 Å². The Hall–Kier alpha value is -5.38. The minimum absolute atomic E-state index is 0.116. The van der Waals surface area contributed by atoms with Gasteiger partial charge in [0.1, 0.15) is 30.0 Å². The summed E-state index contributed by atoms with van der Waals surface area (Å²) in [6.45, 7) is 8.30. The minimum atomic E-state index is -4.84. The SMILES string of the molecule is CCc1cc(N2[C@@H](S)N(c3cnc(C#N)c(C(F)(F)F)c3)C(=O)C2(C)C)ccc1OCCN1C[C@H]2CC[C@@H]1CN2CC(=O)Nc1cccc(NC2CCC(=O)NC2=O)c1. The lowest BCUT2D eigenvalue weighted by molar-refractivity contribution is -0.138. The van der Waals surface area contributed by atoms with Gasteiger partial charge < -0.3 is 20.3 Å². The van der Waals surface area contributed by atoms with Crippen molar-refractivity contribution in [3.8, 4) is 11.8 Å². The van der Waals surface area contributed by atoms with E-state index in [0.29, 0.717) is 48.8 Å². The van der Waals surface area contributed by atoms with Gasteiger partial charge in [-0.3, -0.25) is 39.2 Å². The van der Waals surface area contributed by atoms with Crippen LogP contribution in [-0.4, -0.2) is 100 Å². The number of pyridine rings is 1. The number of carbonyl (C=O) groups excluding carboxylic acids is 4. The van der Waals surface area contributed by atoms with Crippen LogP contribution in [0.5, 0.6) is 5.75 Å². The zero-order chi connectivity index (χ0) is 42.2. The summed E-state index contributed by atoms with van der Waals surface area (Å²) in [4.78, 5) is 61.8. The van der Waals surface area contributed by atoms with Gasteiger partial charge in [-0.05, 0) is 87.6 Å². The number of alkyl halides is 3. The summed E-state index contributed by atoms with van der Waals surface area (Å²) < 4.78 is 47.6. The number of nitriles is 1. The van der Waals surface area contributed by atoms with Crippen LogP contribution in [0.3, 0.4) is 0 Å². The fourth-order valence-electron chi connectivity index (χ4n) is 8.48. The van der Waals surface area contributed by atoms with Gasteiger partial charge in [0.2, 0.25) is 17.7 Å². The molecule has 5 aliphatic rings. The number of halogens is 3. The van der Waals surface area contributed by atoms with Gasteiger partial charge in [-0.1, -0.05) is 13.0 Å². The molecular weight excluding hydrogens is 788 g/mol. The average molecular weight is 834 g/mol. The summed E-state index contributed by atoms with van der Waals surface area (Å²) >= 11 is 4.71. The van der Waals surface area contributed by atoms with E-state index >= 15 is 0 Å². The third-order valence-corrected chi connectivity index (χ3v) is 12.0. The third-order valence-electron chi connectivity index (χ3n) is 11.5. The number of aryl methyl sites for hydroxylation is 1. The quantitative estimate of drug-likeness (QED) is 0.147. The minimum Gasteiger partial charge on any atom is -0.492 e. The molecule has 5 fully saturated rings. The number of benzene rings is 2. The highest BCUT2D eigenvalue weighted by Crippen LogP contribution is 2.43. The van der Waals surface area contributed by atoms with Crippen LogP contribution in [-0.2, 0) is 31.8 Å². The topological polar surface area (TPSA) is 163 Å². The van der Waals surface area contributed by atoms with Crippen molar-refractivity contribution in [3.05, 3.63) is 71.5 Å². The van der Waals surface area contributed by atoms with Gasteiger partial charge in [0.25, 0.3) is 5.91 Å². The van der Waals surface area contributed by atoms with E-state index in [2.05, 4.69) is 30.7 Å². The number of thiol groups is 1. The monoisotopic (exact) mass is 833 g/mol. The molecule has 0 saturated carbocycles. The first kappa shape index (κ1) is 41.8. The number of fused-ring (bicyclic) bond motifs is 3. The second-order valence-electron chi connectivity index (χ2n) is 15.7. The zero-order valence-electron chi connectivity index (χ0n) is 32.9. The molecule has 18 heteroatoms. The van der Waals surface area contributed by atoms with Gasteiger partial charge in [0.15, 0.2) is 11.2 Å². The molecule has 3 N–H and O–H groups in total. The molecule has 6 heterocycles. The highest BCUT2D eigenvalue weighted by atomic mass is 32.1. The summed E-state index contributed by atoms with van der Waals surface area (Å²) in [5, 5.41) is 17.7. The zero-order valence-corrected chi connectivity index (χ0v) is 33.8. The first-order chi connectivity index (χ1) is 28.1. The Morgan fingerprint density at radius 1 is 1.03 bits per heavy atom. The van der Waals surface area contributed by atoms with Crippen LogP contribution >= 0.6 is 12.6 Å². The molecule has 1 aromatic heterocycles. The van der Waals surface area contributed by atoms with Crippen LogP contribution in [0.1, 0.15) is 63.3 Å². The average Bonchev–Trinajstić information content (AvgIpc) is 3.37. The van der Waals surface area contributed by atoms with E-state index in [1.165, 1.54) is 6.07 Å². The molecule has 0 radical (unpaired) electrons. The maximum absolute atomic E-state index is 13.8. The van der Waals surface area contributed by atoms with Gasteiger partial charge >= 0.3 is 6.18 Å². The van der Waals surface area contributed by atoms with E-state index in [4.69, 9.17) is 17.4 Å². The molecule has 312 valence electrons. The molecule has 5 saturated heterocycles. The van der Waals surface area contributed by atoms with Crippen molar-refractivity contribution in [3.63, 3.8) is 0 Å². The summed E-state index contributed by atoms with van der Waals surface area (Å²) in [7, 11) is 0. The number of ether oxygens (including phenoxy) is 1. The number of hydrogen-bond acceptors (Lipinski definition) is 12. The Morgan fingerprint density at radius 2 is 1.76 bits per heavy atom. The molecule has 1 unspecified atom stereocenters. The number of carbonyl (C=O) groups is 4. The third kappa shape index (κ3) is 8.68. The standard InChI is InChI=1S/C41H46F3N9O5S/c1-4-24-16-27(53-39(59)52(38(57)40(53,2)3)30-18-31(41(42,43)44)33(19-45)46-20-30)10-12-34(24)58-15-14-50-21-29-9-8-28(50)22-51(29)23-36(55)48-26-7-5-6-25(17-26)47-32-11-13-35(54)49-37(32)56/h5-7,10,12,16-18,20,28-29,32,39,47,59H,4,8-9,11,13-15,21-23H2,1-3H3,(H,48,55)(H,49,54,56)/t28-,29-,32?,39+/m1/s1. The molecule has 0 spiro atoms. The van der Waals surface area contributed by atoms with Crippen LogP contribution in [0.25, 0.3) is 0 Å². The lowest BCUT2D eigenvalue weighted by Gasteiger charge is -2.51. The number of nitrogens with one attached hydrogen (secondary N) is 3. The number of aromatic nitrogens is 1. The van der Waals surface area contributed by atoms with Gasteiger partial charge in [-0.15, -0.1) is 12.6 Å². The second kappa shape index (κ2) is 16.7. The summed E-state index contributed by atoms with van der Waals surface area (Å²) in [5.41, 5.74) is -1.46. The number of piperazine rings is 1. The van der Waals surface area contributed by atoms with Crippen molar-refractivity contribution in [1.29, 1.82) is 5.26 Å². The predicted molar refractivity (Wildman–Crippen MR) is 217 cm³/mol. The van der Waals surface area contributed by atoms with Crippen molar-refractivity contribution in [1.82, 2.24) is 20.1 Å². The molecule has 2 bridgehead atoms. The molecule has 14 nitrogen and oxygen atoms in total. The Balaban J connectivity index is 0.931. The van der Waals surface area contributed by atoms with Crippen molar-refractivity contribution < 1.29 is 37.1 Å². The van der Waals surface area contributed by atoms with E-state index in [1.807, 2.05) is 31.2 Å². The Bertz CT molecular complexity index is 2180. The van der Waals surface area contributed by atoms with E-state index in [9.17, 15) is 37.6 Å². The number of imide groups is 1. The first-order valence-corrected chi connectivity index (χ1v) is 20.1. The van der Waals surface area contributed by atoms with Crippen molar-refractivity contribution in [2.45, 2.75) is 88.2 Å². The lowest BCUT2D eigenvalue weighted by Crippen LogP contribution is -2.63. The molecule has 59 heavy (non-hydrogen) atoms. The van der Waals surface area contributed by atoms with Gasteiger partial charge in [-0.2, -0.15) is 18.4 Å². The second-order valence-corrected chi connectivity index (χ2v) is 16.2. The smallest absolute Gasteiger partial charge is 0.419 e. The predicted octanol–water partition coefficient (Wildman–Crippen LogP) is 4.76. The van der Waals surface area contributed by atoms with Gasteiger partial charge in [0.05, 0.1) is 24.0 Å². The molecular formula is C41H46F3N9O5S. The van der Waals surface area contributed by atoms with Crippen molar-refractivity contribution >= 4 is 59.0 Å². The normalized spacial score (nSPS) is 23.3. The lowest BCUT2D eigenvalue weighted by atomic mass is 9.91. The van der Waals surface area contributed by atoms with Crippen LogP contribution < -0.4 is 30.5 Å². The molecule has 2 aromatic carbocycles. The fourth-order valence-corrected chi connectivity index (χ4v) is 9.14. The summed E-state index contributed by atoms with van der Waals surface area (Å²) in [6.07, 6.45) is -0.455. The van der Waals surface area contributed by atoms with Crippen LogP contribution in [0.4, 0.5) is 35.9 Å². The van der Waals surface area contributed by atoms with E-state index in [1.54, 1.807) is 36.9 Å². The molecule has 5 aliphatic heterocycles. The van der Waals surface area contributed by atoms with Crippen LogP contribution in [0.15, 0.2) is 54.7 Å². The van der Waals surface area contributed by atoms with Gasteiger partial charge in [0, 0.05) is 55.2 Å². The number of anilines is 4. The molecule has 4 atom stereocenters. The molecule has 8 rings (SSSR count). The molecule has 0 aliphatic carbocycles. The number of hydrogen-bond donors (Lipinski definition) is 4. The Labute approximate surface area is 345 Å². The highest BCUT2D eigenvalue weighted by molar-refractivity contribution is 7.81.